The molecule has 0 aromatic heterocycles. The molecule has 0 unspecified atom stereocenters. The van der Waals surface area contributed by atoms with E-state index in [4.69, 9.17) is 18.9 Å². The number of hydrogen-bond acceptors (Lipinski definition) is 4. The van der Waals surface area contributed by atoms with Gasteiger partial charge in [-0.3, -0.25) is 0 Å². The van der Waals surface area contributed by atoms with Crippen LogP contribution < -0.4 is 18.9 Å². The van der Waals surface area contributed by atoms with Crippen LogP contribution in [-0.4, -0.2) is 28.4 Å². The summed E-state index contributed by atoms with van der Waals surface area (Å²) in [5, 5.41) is 0. The van der Waals surface area contributed by atoms with E-state index in [1.54, 1.807) is 28.4 Å². The molecule has 0 bridgehead atoms. The average molecular weight is 350 g/mol. The van der Waals surface area contributed by atoms with Crippen molar-refractivity contribution in [2.45, 2.75) is 0 Å². The first-order valence-corrected chi connectivity index (χ1v) is 8.25. The molecule has 0 N–H and O–H groups in total. The number of benzene rings is 3. The zero-order valence-corrected chi connectivity index (χ0v) is 15.4. The van der Waals surface area contributed by atoms with Crippen molar-refractivity contribution in [2.75, 3.05) is 28.4 Å². The van der Waals surface area contributed by atoms with Crippen LogP contribution in [0.4, 0.5) is 0 Å². The highest BCUT2D eigenvalue weighted by molar-refractivity contribution is 5.80. The fourth-order valence-corrected chi connectivity index (χ4v) is 2.93. The van der Waals surface area contributed by atoms with Gasteiger partial charge in [0.2, 0.25) is 0 Å². The Bertz CT molecular complexity index is 832. The second kappa shape index (κ2) is 7.83. The normalized spacial score (nSPS) is 10.3. The zero-order valence-electron chi connectivity index (χ0n) is 15.4. The molecule has 0 heterocycles. The van der Waals surface area contributed by atoms with E-state index in [0.29, 0.717) is 0 Å². The number of rotatable bonds is 6. The van der Waals surface area contributed by atoms with Gasteiger partial charge < -0.3 is 18.9 Å². The zero-order chi connectivity index (χ0) is 18.5. The Morgan fingerprint density at radius 2 is 0.962 bits per heavy atom. The monoisotopic (exact) mass is 350 g/mol. The molecule has 134 valence electrons. The molecule has 0 amide bonds. The lowest BCUT2D eigenvalue weighted by Crippen LogP contribution is -1.92. The van der Waals surface area contributed by atoms with Gasteiger partial charge in [0.25, 0.3) is 0 Å². The second-order valence-electron chi connectivity index (χ2n) is 5.71. The third-order valence-corrected chi connectivity index (χ3v) is 4.30. The molecule has 3 aromatic rings. The van der Waals surface area contributed by atoms with Crippen LogP contribution in [0.15, 0.2) is 60.7 Å². The Balaban J connectivity index is 2.13. The van der Waals surface area contributed by atoms with Gasteiger partial charge >= 0.3 is 0 Å². The Hall–Kier alpha value is -3.14. The third kappa shape index (κ3) is 3.45. The van der Waals surface area contributed by atoms with Gasteiger partial charge in [-0.2, -0.15) is 0 Å². The van der Waals surface area contributed by atoms with E-state index in [2.05, 4.69) is 6.07 Å². The lowest BCUT2D eigenvalue weighted by Gasteiger charge is -2.14. The summed E-state index contributed by atoms with van der Waals surface area (Å²) in [6, 6.07) is 19.8. The Morgan fingerprint density at radius 1 is 0.500 bits per heavy atom. The molecule has 0 aliphatic rings. The summed E-state index contributed by atoms with van der Waals surface area (Å²) in [7, 11) is 6.65. The second-order valence-corrected chi connectivity index (χ2v) is 5.71. The van der Waals surface area contributed by atoms with Crippen LogP contribution in [0.3, 0.4) is 0 Å². The van der Waals surface area contributed by atoms with E-state index >= 15 is 0 Å². The minimum absolute atomic E-state index is 0.783. The van der Waals surface area contributed by atoms with Crippen LogP contribution in [0.25, 0.3) is 22.3 Å². The standard InChI is InChI=1S/C22H22O4/c1-23-17-8-10-21(25-3)19(13-17)15-6-5-7-16(12-15)20-14-18(24-2)9-11-22(20)26-4/h5-14H,1-4H3. The minimum Gasteiger partial charge on any atom is -0.497 e. The van der Waals surface area contributed by atoms with Gasteiger partial charge in [0.05, 0.1) is 28.4 Å². The van der Waals surface area contributed by atoms with Gasteiger partial charge in [-0.1, -0.05) is 18.2 Å². The maximum atomic E-state index is 5.53. The van der Waals surface area contributed by atoms with Gasteiger partial charge in [-0.15, -0.1) is 0 Å². The van der Waals surface area contributed by atoms with Crippen molar-refractivity contribution < 1.29 is 18.9 Å². The van der Waals surface area contributed by atoms with Crippen molar-refractivity contribution in [3.05, 3.63) is 60.7 Å². The van der Waals surface area contributed by atoms with E-state index in [9.17, 15) is 0 Å². The van der Waals surface area contributed by atoms with Crippen molar-refractivity contribution >= 4 is 0 Å². The summed E-state index contributed by atoms with van der Waals surface area (Å²) >= 11 is 0. The van der Waals surface area contributed by atoms with Crippen LogP contribution >= 0.6 is 0 Å². The fourth-order valence-electron chi connectivity index (χ4n) is 2.93. The average Bonchev–Trinajstić information content (AvgIpc) is 2.72. The topological polar surface area (TPSA) is 36.9 Å². The van der Waals surface area contributed by atoms with Gasteiger partial charge in [0, 0.05) is 11.1 Å². The fraction of sp³-hybridized carbons (Fsp3) is 0.182. The largest absolute Gasteiger partial charge is 0.497 e. The number of hydrogen-bond donors (Lipinski definition) is 0. The summed E-state index contributed by atoms with van der Waals surface area (Å²) < 4.78 is 21.8. The van der Waals surface area contributed by atoms with Crippen LogP contribution in [0.2, 0.25) is 0 Å². The lowest BCUT2D eigenvalue weighted by molar-refractivity contribution is 0.404. The smallest absolute Gasteiger partial charge is 0.126 e. The van der Waals surface area contributed by atoms with E-state index in [-0.39, 0.29) is 0 Å². The van der Waals surface area contributed by atoms with E-state index in [0.717, 1.165) is 45.3 Å². The quantitative estimate of drug-likeness (QED) is 0.623. The highest BCUT2D eigenvalue weighted by Gasteiger charge is 2.12. The summed E-state index contributed by atoms with van der Waals surface area (Å²) in [5.41, 5.74) is 4.00. The molecule has 4 nitrogen and oxygen atoms in total. The van der Waals surface area contributed by atoms with E-state index in [1.807, 2.05) is 54.6 Å². The Morgan fingerprint density at radius 3 is 1.35 bits per heavy atom. The van der Waals surface area contributed by atoms with Crippen LogP contribution in [0.1, 0.15) is 0 Å². The van der Waals surface area contributed by atoms with Gasteiger partial charge in [-0.05, 0) is 53.6 Å². The van der Waals surface area contributed by atoms with Gasteiger partial charge in [0.15, 0.2) is 0 Å². The van der Waals surface area contributed by atoms with Crippen molar-refractivity contribution in [2.24, 2.45) is 0 Å². The molecule has 0 aliphatic heterocycles. The van der Waals surface area contributed by atoms with Crippen LogP contribution in [0, 0.1) is 0 Å². The molecular formula is C22H22O4. The predicted octanol–water partition coefficient (Wildman–Crippen LogP) is 5.06. The molecule has 3 rings (SSSR count). The summed E-state index contributed by atoms with van der Waals surface area (Å²) in [5.74, 6) is 3.15. The van der Waals surface area contributed by atoms with Crippen LogP contribution in [-0.2, 0) is 0 Å². The highest BCUT2D eigenvalue weighted by Crippen LogP contribution is 2.38. The SMILES string of the molecule is COc1ccc(OC)c(-c2cccc(-c3cc(OC)ccc3OC)c2)c1. The van der Waals surface area contributed by atoms with Crippen LogP contribution in [0.5, 0.6) is 23.0 Å². The Labute approximate surface area is 153 Å². The van der Waals surface area contributed by atoms with Crippen molar-refractivity contribution in [3.8, 4) is 45.3 Å². The predicted molar refractivity (Wildman–Crippen MR) is 104 cm³/mol. The molecule has 0 saturated heterocycles. The van der Waals surface area contributed by atoms with Gasteiger partial charge in [-0.25, -0.2) is 0 Å². The lowest BCUT2D eigenvalue weighted by atomic mass is 9.97. The Kier molecular flexibility index (Phi) is 5.32. The first kappa shape index (κ1) is 17.7. The summed E-state index contributed by atoms with van der Waals surface area (Å²) in [4.78, 5) is 0. The molecule has 0 spiro atoms. The van der Waals surface area contributed by atoms with Crippen molar-refractivity contribution in [1.82, 2.24) is 0 Å². The number of methoxy groups -OCH3 is 4. The van der Waals surface area contributed by atoms with Crippen molar-refractivity contribution in [3.63, 3.8) is 0 Å². The molecular weight excluding hydrogens is 328 g/mol. The first-order valence-electron chi connectivity index (χ1n) is 8.25. The van der Waals surface area contributed by atoms with Gasteiger partial charge in [0.1, 0.15) is 23.0 Å². The molecule has 26 heavy (non-hydrogen) atoms. The maximum absolute atomic E-state index is 5.53. The van der Waals surface area contributed by atoms with E-state index < -0.39 is 0 Å². The first-order chi connectivity index (χ1) is 12.7. The minimum atomic E-state index is 0.783. The molecule has 0 fully saturated rings. The third-order valence-electron chi connectivity index (χ3n) is 4.30. The number of ether oxygens (including phenoxy) is 4. The molecule has 3 aromatic carbocycles. The molecule has 0 radical (unpaired) electrons. The van der Waals surface area contributed by atoms with E-state index in [1.165, 1.54) is 0 Å². The highest BCUT2D eigenvalue weighted by atomic mass is 16.5. The summed E-state index contributed by atoms with van der Waals surface area (Å²) in [6.07, 6.45) is 0. The molecule has 0 atom stereocenters. The molecule has 0 aliphatic carbocycles. The molecule has 4 heteroatoms. The molecule has 0 saturated carbocycles. The summed E-state index contributed by atoms with van der Waals surface area (Å²) in [6.45, 7) is 0. The van der Waals surface area contributed by atoms with Crippen molar-refractivity contribution in [1.29, 1.82) is 0 Å². The maximum Gasteiger partial charge on any atom is 0.126 e.